The Kier molecular flexibility index (Phi) is 7.22. The average molecular weight is 390 g/mol. The van der Waals surface area contributed by atoms with E-state index in [1.165, 1.54) is 0 Å². The van der Waals surface area contributed by atoms with Crippen LogP contribution in [0.3, 0.4) is 0 Å². The Morgan fingerprint density at radius 2 is 1.86 bits per heavy atom. The second-order valence-corrected chi connectivity index (χ2v) is 8.42. The molecule has 0 aliphatic carbocycles. The number of halogens is 1. The largest absolute Gasteiger partial charge is 0.591 e. The minimum absolute atomic E-state index is 0.384. The summed E-state index contributed by atoms with van der Waals surface area (Å²) in [4.78, 5) is 0. The van der Waals surface area contributed by atoms with Crippen LogP contribution in [0.5, 0.6) is 11.5 Å². The monoisotopic (exact) mass is 389 g/mol. The third-order valence-corrected chi connectivity index (χ3v) is 4.97. The zero-order valence-electron chi connectivity index (χ0n) is 14.0. The molecule has 0 amide bonds. The van der Waals surface area contributed by atoms with Crippen molar-refractivity contribution in [1.82, 2.24) is 0 Å². The summed E-state index contributed by atoms with van der Waals surface area (Å²) in [6, 6.07) is 1.88. The number of rotatable bonds is 6. The van der Waals surface area contributed by atoms with Gasteiger partial charge < -0.3 is 14.0 Å². The number of hydrogen-bond donors (Lipinski definition) is 0. The van der Waals surface area contributed by atoms with Gasteiger partial charge in [-0.05, 0) is 63.5 Å². The predicted octanol–water partition coefficient (Wildman–Crippen LogP) is 4.44. The first-order chi connectivity index (χ1) is 10.2. The molecule has 0 saturated carbocycles. The lowest BCUT2D eigenvalue weighted by atomic mass is 10.1. The van der Waals surface area contributed by atoms with Gasteiger partial charge in [0.15, 0.2) is 0 Å². The summed E-state index contributed by atoms with van der Waals surface area (Å²) >= 11 is 2.23. The van der Waals surface area contributed by atoms with E-state index in [0.29, 0.717) is 19.0 Å². The molecule has 0 bridgehead atoms. The molecule has 6 heteroatoms. The van der Waals surface area contributed by atoms with Gasteiger partial charge in [-0.15, -0.1) is 0 Å². The zero-order chi connectivity index (χ0) is 16.9. The van der Waals surface area contributed by atoms with Gasteiger partial charge in [-0.2, -0.15) is 0 Å². The molecule has 1 aromatic carbocycles. The van der Waals surface area contributed by atoms with Crippen LogP contribution in [0.1, 0.15) is 45.7 Å². The molecule has 1 aromatic rings. The molecule has 0 aliphatic heterocycles. The third kappa shape index (κ3) is 4.89. The highest BCUT2D eigenvalue weighted by molar-refractivity contribution is 9.10. The van der Waals surface area contributed by atoms with Crippen LogP contribution in [0.15, 0.2) is 14.9 Å². The molecule has 1 unspecified atom stereocenters. The molecule has 0 N–H and O–H groups in total. The first-order valence-corrected chi connectivity index (χ1v) is 9.17. The smallest absolute Gasteiger partial charge is 0.144 e. The topological polar surface area (TPSA) is 53.9 Å². The number of benzene rings is 1. The molecule has 0 saturated heterocycles. The number of hydrogen-bond acceptors (Lipinski definition) is 4. The van der Waals surface area contributed by atoms with Gasteiger partial charge >= 0.3 is 0 Å². The molecule has 0 aromatic heterocycles. The third-order valence-electron chi connectivity index (χ3n) is 2.88. The van der Waals surface area contributed by atoms with Gasteiger partial charge in [0.1, 0.15) is 32.1 Å². The Labute approximate surface area is 144 Å². The van der Waals surface area contributed by atoms with E-state index < -0.39 is 11.4 Å². The molecule has 1 rings (SSSR count). The average Bonchev–Trinajstić information content (AvgIpc) is 2.44. The van der Waals surface area contributed by atoms with Gasteiger partial charge in [0.05, 0.1) is 19.4 Å². The van der Waals surface area contributed by atoms with Crippen molar-refractivity contribution in [3.05, 3.63) is 21.7 Å². The van der Waals surface area contributed by atoms with Crippen LogP contribution in [-0.4, -0.2) is 28.7 Å². The van der Waals surface area contributed by atoms with Crippen molar-refractivity contribution in [3.8, 4) is 11.5 Å². The SMILES string of the molecule is CCOc1cc(C=N[S+]([O-])C(C)(C)C)c(C)c(OCC)c1Br. The molecule has 0 aliphatic rings. The first kappa shape index (κ1) is 19.3. The van der Waals surface area contributed by atoms with Crippen molar-refractivity contribution in [2.24, 2.45) is 4.40 Å². The Morgan fingerprint density at radius 1 is 1.27 bits per heavy atom. The second kappa shape index (κ2) is 8.22. The normalized spacial score (nSPS) is 13.5. The van der Waals surface area contributed by atoms with Crippen LogP contribution in [0.2, 0.25) is 0 Å². The Bertz CT molecular complexity index is 541. The first-order valence-electron chi connectivity index (χ1n) is 7.27. The molecule has 0 radical (unpaired) electrons. The molecule has 124 valence electrons. The zero-order valence-corrected chi connectivity index (χ0v) is 16.4. The lowest BCUT2D eigenvalue weighted by Crippen LogP contribution is -2.25. The lowest BCUT2D eigenvalue weighted by molar-refractivity contribution is 0.317. The minimum Gasteiger partial charge on any atom is -0.591 e. The van der Waals surface area contributed by atoms with Crippen LogP contribution in [-0.2, 0) is 11.4 Å². The summed E-state index contributed by atoms with van der Waals surface area (Å²) in [6.07, 6.45) is 1.63. The van der Waals surface area contributed by atoms with Gasteiger partial charge in [-0.3, -0.25) is 0 Å². The summed E-state index contributed by atoms with van der Waals surface area (Å²) < 4.78 is 28.0. The maximum Gasteiger partial charge on any atom is 0.144 e. The Morgan fingerprint density at radius 3 is 2.36 bits per heavy atom. The minimum atomic E-state index is -1.30. The van der Waals surface area contributed by atoms with Crippen LogP contribution in [0, 0.1) is 6.92 Å². The maximum absolute atomic E-state index is 12.1. The molecule has 22 heavy (non-hydrogen) atoms. The number of nitrogens with zero attached hydrogens (tertiary/aromatic N) is 1. The molecule has 0 spiro atoms. The van der Waals surface area contributed by atoms with E-state index in [-0.39, 0.29) is 4.75 Å². The van der Waals surface area contributed by atoms with Crippen LogP contribution < -0.4 is 9.47 Å². The molecular formula is C16H24BrNO3S. The highest BCUT2D eigenvalue weighted by Crippen LogP contribution is 2.39. The molecular weight excluding hydrogens is 366 g/mol. The van der Waals surface area contributed by atoms with E-state index in [1.54, 1.807) is 6.21 Å². The standard InChI is InChI=1S/C16H24BrNO3S/c1-7-20-13-9-12(10-18-22(19)16(4,5)6)11(3)15(14(13)17)21-8-2/h9-10H,7-8H2,1-6H3. The fraction of sp³-hybridized carbons (Fsp3) is 0.562. The molecule has 4 nitrogen and oxygen atoms in total. The van der Waals surface area contributed by atoms with Crippen molar-refractivity contribution in [2.75, 3.05) is 13.2 Å². The van der Waals surface area contributed by atoms with E-state index in [0.717, 1.165) is 21.3 Å². The maximum atomic E-state index is 12.1. The van der Waals surface area contributed by atoms with E-state index in [9.17, 15) is 4.55 Å². The molecule has 0 fully saturated rings. The second-order valence-electron chi connectivity index (χ2n) is 5.69. The quantitative estimate of drug-likeness (QED) is 0.533. The van der Waals surface area contributed by atoms with E-state index >= 15 is 0 Å². The fourth-order valence-electron chi connectivity index (χ4n) is 1.69. The van der Waals surface area contributed by atoms with Crippen molar-refractivity contribution in [2.45, 2.75) is 46.3 Å². The van der Waals surface area contributed by atoms with Gasteiger partial charge in [0.2, 0.25) is 0 Å². The summed E-state index contributed by atoms with van der Waals surface area (Å²) in [5.74, 6) is 1.43. The van der Waals surface area contributed by atoms with Crippen molar-refractivity contribution >= 4 is 33.5 Å². The van der Waals surface area contributed by atoms with E-state index in [4.69, 9.17) is 9.47 Å². The van der Waals surface area contributed by atoms with E-state index in [1.807, 2.05) is 47.6 Å². The lowest BCUT2D eigenvalue weighted by Gasteiger charge is -2.18. The van der Waals surface area contributed by atoms with Crippen LogP contribution >= 0.6 is 15.9 Å². The number of ether oxygens (including phenoxy) is 2. The van der Waals surface area contributed by atoms with Gasteiger partial charge in [-0.25, -0.2) is 0 Å². The molecule has 1 atom stereocenters. The summed E-state index contributed by atoms with van der Waals surface area (Å²) in [6.45, 7) is 12.6. The van der Waals surface area contributed by atoms with Gasteiger partial charge in [0.25, 0.3) is 0 Å². The molecule has 0 heterocycles. The van der Waals surface area contributed by atoms with E-state index in [2.05, 4.69) is 20.3 Å². The predicted molar refractivity (Wildman–Crippen MR) is 96.7 cm³/mol. The summed E-state index contributed by atoms with van der Waals surface area (Å²) in [7, 11) is 0. The summed E-state index contributed by atoms with van der Waals surface area (Å²) in [5, 5.41) is 0. The van der Waals surface area contributed by atoms with Gasteiger partial charge in [-0.1, -0.05) is 4.40 Å². The van der Waals surface area contributed by atoms with Crippen LogP contribution in [0.4, 0.5) is 0 Å². The van der Waals surface area contributed by atoms with Crippen molar-refractivity contribution in [3.63, 3.8) is 0 Å². The Balaban J connectivity index is 3.26. The highest BCUT2D eigenvalue weighted by Gasteiger charge is 2.26. The summed E-state index contributed by atoms with van der Waals surface area (Å²) in [5.41, 5.74) is 1.78. The van der Waals surface area contributed by atoms with Crippen molar-refractivity contribution in [1.29, 1.82) is 0 Å². The Hall–Kier alpha value is -0.720. The highest BCUT2D eigenvalue weighted by atomic mass is 79.9. The van der Waals surface area contributed by atoms with Gasteiger partial charge in [0, 0.05) is 11.1 Å². The van der Waals surface area contributed by atoms with Crippen molar-refractivity contribution < 1.29 is 14.0 Å². The van der Waals surface area contributed by atoms with Crippen LogP contribution in [0.25, 0.3) is 0 Å². The fourth-order valence-corrected chi connectivity index (χ4v) is 2.86.